The van der Waals surface area contributed by atoms with Crippen LogP contribution in [0.1, 0.15) is 18.4 Å². The molecule has 1 fully saturated rings. The summed E-state index contributed by atoms with van der Waals surface area (Å²) in [5.41, 5.74) is -0.115. The molecule has 2 aromatic rings. The van der Waals surface area contributed by atoms with Crippen LogP contribution in [0, 0.1) is 0 Å². The SMILES string of the molecule is O=C(Cc1ccc2ccccc2c1)NC1(C(=O)O)CC1. The number of aliphatic carboxylic acids is 1. The van der Waals surface area contributed by atoms with Crippen LogP contribution in [0.2, 0.25) is 0 Å². The maximum absolute atomic E-state index is 11.9. The van der Waals surface area contributed by atoms with E-state index in [1.807, 2.05) is 42.5 Å². The lowest BCUT2D eigenvalue weighted by molar-refractivity contribution is -0.143. The number of carboxylic acids is 1. The van der Waals surface area contributed by atoms with Gasteiger partial charge in [-0.1, -0.05) is 42.5 Å². The third-order valence-corrected chi connectivity index (χ3v) is 3.72. The second kappa shape index (κ2) is 4.63. The van der Waals surface area contributed by atoms with Crippen molar-refractivity contribution in [3.8, 4) is 0 Å². The minimum absolute atomic E-state index is 0.208. The van der Waals surface area contributed by atoms with Gasteiger partial charge in [-0.3, -0.25) is 4.79 Å². The van der Waals surface area contributed by atoms with E-state index in [0.717, 1.165) is 16.3 Å². The Labute approximate surface area is 116 Å². The molecule has 2 N–H and O–H groups in total. The van der Waals surface area contributed by atoms with E-state index in [-0.39, 0.29) is 12.3 Å². The van der Waals surface area contributed by atoms with Crippen molar-refractivity contribution in [2.75, 3.05) is 0 Å². The maximum Gasteiger partial charge on any atom is 0.329 e. The number of carboxylic acid groups (broad SMARTS) is 1. The van der Waals surface area contributed by atoms with Crippen molar-refractivity contribution >= 4 is 22.6 Å². The van der Waals surface area contributed by atoms with Crippen LogP contribution in [0.15, 0.2) is 42.5 Å². The summed E-state index contributed by atoms with van der Waals surface area (Å²) in [6.07, 6.45) is 1.25. The average Bonchev–Trinajstić information content (AvgIpc) is 3.19. The average molecular weight is 269 g/mol. The van der Waals surface area contributed by atoms with Crippen LogP contribution in [-0.2, 0) is 16.0 Å². The topological polar surface area (TPSA) is 66.4 Å². The second-order valence-electron chi connectivity index (χ2n) is 5.29. The number of hydrogen-bond acceptors (Lipinski definition) is 2. The van der Waals surface area contributed by atoms with Crippen LogP contribution < -0.4 is 5.32 Å². The van der Waals surface area contributed by atoms with Crippen molar-refractivity contribution in [1.82, 2.24) is 5.32 Å². The highest BCUT2D eigenvalue weighted by atomic mass is 16.4. The first-order valence-electron chi connectivity index (χ1n) is 6.61. The number of amides is 1. The van der Waals surface area contributed by atoms with Crippen molar-refractivity contribution in [3.05, 3.63) is 48.0 Å². The van der Waals surface area contributed by atoms with Crippen LogP contribution in [0.4, 0.5) is 0 Å². The first kappa shape index (κ1) is 12.7. The molecule has 4 heteroatoms. The lowest BCUT2D eigenvalue weighted by atomic mass is 10.0. The number of nitrogens with one attached hydrogen (secondary N) is 1. The van der Waals surface area contributed by atoms with E-state index in [4.69, 9.17) is 5.11 Å². The van der Waals surface area contributed by atoms with Crippen LogP contribution in [0.3, 0.4) is 0 Å². The van der Waals surface area contributed by atoms with Gasteiger partial charge in [0.2, 0.25) is 5.91 Å². The highest BCUT2D eigenvalue weighted by Gasteiger charge is 2.51. The molecule has 4 nitrogen and oxygen atoms in total. The van der Waals surface area contributed by atoms with Crippen LogP contribution in [0.5, 0.6) is 0 Å². The fraction of sp³-hybridized carbons (Fsp3) is 0.250. The molecule has 0 atom stereocenters. The van der Waals surface area contributed by atoms with Gasteiger partial charge >= 0.3 is 5.97 Å². The number of fused-ring (bicyclic) bond motifs is 1. The fourth-order valence-electron chi connectivity index (χ4n) is 2.36. The second-order valence-corrected chi connectivity index (χ2v) is 5.29. The maximum atomic E-state index is 11.9. The number of rotatable bonds is 4. The third-order valence-electron chi connectivity index (χ3n) is 3.72. The van der Waals surface area contributed by atoms with E-state index in [0.29, 0.717) is 12.8 Å². The van der Waals surface area contributed by atoms with Gasteiger partial charge in [-0.25, -0.2) is 4.79 Å². The predicted molar refractivity (Wildman–Crippen MR) is 75.4 cm³/mol. The van der Waals surface area contributed by atoms with Crippen LogP contribution >= 0.6 is 0 Å². The zero-order chi connectivity index (χ0) is 14.2. The van der Waals surface area contributed by atoms with Gasteiger partial charge in [0.05, 0.1) is 6.42 Å². The van der Waals surface area contributed by atoms with Crippen molar-refractivity contribution in [1.29, 1.82) is 0 Å². The summed E-state index contributed by atoms with van der Waals surface area (Å²) < 4.78 is 0. The molecule has 1 aliphatic carbocycles. The van der Waals surface area contributed by atoms with Gasteiger partial charge in [-0.05, 0) is 29.2 Å². The van der Waals surface area contributed by atoms with Gasteiger partial charge in [-0.15, -0.1) is 0 Å². The van der Waals surface area contributed by atoms with Gasteiger partial charge in [0.1, 0.15) is 5.54 Å². The van der Waals surface area contributed by atoms with Gasteiger partial charge in [0.15, 0.2) is 0 Å². The molecule has 3 rings (SSSR count). The highest BCUT2D eigenvalue weighted by molar-refractivity contribution is 5.91. The Morgan fingerprint density at radius 2 is 1.80 bits per heavy atom. The Balaban J connectivity index is 1.73. The van der Waals surface area contributed by atoms with Crippen molar-refractivity contribution in [2.45, 2.75) is 24.8 Å². The normalized spacial score (nSPS) is 15.8. The van der Waals surface area contributed by atoms with E-state index >= 15 is 0 Å². The molecule has 0 heterocycles. The zero-order valence-corrected chi connectivity index (χ0v) is 10.9. The van der Waals surface area contributed by atoms with E-state index < -0.39 is 11.5 Å². The molecule has 0 radical (unpaired) electrons. The summed E-state index contributed by atoms with van der Waals surface area (Å²) in [7, 11) is 0. The molecule has 0 bridgehead atoms. The third kappa shape index (κ3) is 2.37. The van der Waals surface area contributed by atoms with Gasteiger partial charge < -0.3 is 10.4 Å². The van der Waals surface area contributed by atoms with Crippen molar-refractivity contribution < 1.29 is 14.7 Å². The number of carbonyl (C=O) groups is 2. The molecule has 0 aliphatic heterocycles. The van der Waals surface area contributed by atoms with Gasteiger partial charge in [-0.2, -0.15) is 0 Å². The Bertz CT molecular complexity index is 689. The fourth-order valence-corrected chi connectivity index (χ4v) is 2.36. The van der Waals surface area contributed by atoms with Gasteiger partial charge in [0.25, 0.3) is 0 Å². The lowest BCUT2D eigenvalue weighted by Gasteiger charge is -2.12. The number of hydrogen-bond donors (Lipinski definition) is 2. The molecule has 0 saturated heterocycles. The summed E-state index contributed by atoms with van der Waals surface area (Å²) in [5.74, 6) is -1.18. The molecule has 0 spiro atoms. The summed E-state index contributed by atoms with van der Waals surface area (Å²) >= 11 is 0. The Hall–Kier alpha value is -2.36. The Kier molecular flexibility index (Phi) is 2.93. The number of benzene rings is 2. The zero-order valence-electron chi connectivity index (χ0n) is 10.9. The molecular formula is C16H15NO3. The van der Waals surface area contributed by atoms with Gasteiger partial charge in [0, 0.05) is 0 Å². The van der Waals surface area contributed by atoms with E-state index in [1.165, 1.54) is 0 Å². The number of carbonyl (C=O) groups excluding carboxylic acids is 1. The van der Waals surface area contributed by atoms with Crippen LogP contribution in [-0.4, -0.2) is 22.5 Å². The minimum Gasteiger partial charge on any atom is -0.480 e. The quantitative estimate of drug-likeness (QED) is 0.893. The lowest BCUT2D eigenvalue weighted by Crippen LogP contribution is -2.43. The van der Waals surface area contributed by atoms with E-state index in [9.17, 15) is 9.59 Å². The Morgan fingerprint density at radius 1 is 1.10 bits per heavy atom. The summed E-state index contributed by atoms with van der Waals surface area (Å²) in [5, 5.41) is 13.9. The highest BCUT2D eigenvalue weighted by Crippen LogP contribution is 2.35. The first-order valence-corrected chi connectivity index (χ1v) is 6.61. The standard InChI is InChI=1S/C16H15NO3/c18-14(17-16(7-8-16)15(19)20)10-11-5-6-12-3-1-2-4-13(12)9-11/h1-6,9H,7-8,10H2,(H,17,18)(H,19,20). The summed E-state index contributed by atoms with van der Waals surface area (Å²) in [6, 6.07) is 13.8. The summed E-state index contributed by atoms with van der Waals surface area (Å²) in [6.45, 7) is 0. The first-order chi connectivity index (χ1) is 9.59. The largest absolute Gasteiger partial charge is 0.480 e. The smallest absolute Gasteiger partial charge is 0.329 e. The molecule has 0 unspecified atom stereocenters. The van der Waals surface area contributed by atoms with E-state index in [2.05, 4.69) is 5.32 Å². The molecule has 2 aromatic carbocycles. The van der Waals surface area contributed by atoms with Crippen molar-refractivity contribution in [3.63, 3.8) is 0 Å². The molecule has 102 valence electrons. The molecular weight excluding hydrogens is 254 g/mol. The monoisotopic (exact) mass is 269 g/mol. The van der Waals surface area contributed by atoms with E-state index in [1.54, 1.807) is 0 Å². The van der Waals surface area contributed by atoms with Crippen LogP contribution in [0.25, 0.3) is 10.8 Å². The summed E-state index contributed by atoms with van der Waals surface area (Å²) in [4.78, 5) is 23.0. The predicted octanol–water partition coefficient (Wildman–Crippen LogP) is 2.12. The Morgan fingerprint density at radius 3 is 2.45 bits per heavy atom. The molecule has 1 saturated carbocycles. The molecule has 20 heavy (non-hydrogen) atoms. The molecule has 1 aliphatic rings. The molecule has 1 amide bonds. The van der Waals surface area contributed by atoms with Crippen molar-refractivity contribution in [2.24, 2.45) is 0 Å². The minimum atomic E-state index is -1.01. The molecule has 0 aromatic heterocycles.